The number of carboxylic acids is 1. The highest BCUT2D eigenvalue weighted by Gasteiger charge is 2.50. The lowest BCUT2D eigenvalue weighted by atomic mass is 9.98. The van der Waals surface area contributed by atoms with Crippen LogP contribution in [0.3, 0.4) is 0 Å². The molecule has 12 heteroatoms. The number of esters is 3. The molecule has 0 aliphatic carbocycles. The van der Waals surface area contributed by atoms with Crippen molar-refractivity contribution >= 4 is 23.9 Å². The van der Waals surface area contributed by atoms with Gasteiger partial charge in [-0.25, -0.2) is 4.79 Å². The van der Waals surface area contributed by atoms with Crippen LogP contribution in [0.5, 0.6) is 0 Å². The van der Waals surface area contributed by atoms with Crippen molar-refractivity contribution < 1.29 is 58.2 Å². The first kappa shape index (κ1) is 74.9. The summed E-state index contributed by atoms with van der Waals surface area (Å²) in [4.78, 5) is 51.3. The Bertz CT molecular complexity index is 1730. The number of ether oxygens (including phenoxy) is 5. The first-order chi connectivity index (χ1) is 39.6. The van der Waals surface area contributed by atoms with Crippen LogP contribution in [0.25, 0.3) is 0 Å². The molecule has 464 valence electrons. The summed E-state index contributed by atoms with van der Waals surface area (Å²) in [7, 11) is 0. The first-order valence-electron chi connectivity index (χ1n) is 32.6. The van der Waals surface area contributed by atoms with Gasteiger partial charge in [0.25, 0.3) is 0 Å². The standard InChI is InChI=1S/C69H116O12/c1-4-7-10-13-16-19-22-25-28-30-31-33-36-39-42-45-48-51-54-57-63(72)80-67-65(74)64(73)66(68(75)76)81-69(67)78-59-60(79-62(71)56-53-50-47-44-41-38-34-27-24-21-18-15-12-9-6-3)58-77-61(70)55-52-49-46-43-40-37-35-32-29-26-23-20-17-14-11-8-5-2/h7,10,16,19,25,27-28,31,33-34,39,42,48,51,60,64-67,69,73-74H,4-6,8-9,11-15,17-18,20-24,26,29-30,32,35-38,40-41,43-47,49-50,52-59H2,1-3H3,(H,75,76)/b10-7-,19-16-,28-25-,33-31-,34-27-,42-39-,51-48-. The van der Waals surface area contributed by atoms with Crippen LogP contribution in [-0.2, 0) is 42.9 Å². The summed E-state index contributed by atoms with van der Waals surface area (Å²) in [5.74, 6) is -3.23. The van der Waals surface area contributed by atoms with Crippen LogP contribution in [0.4, 0.5) is 0 Å². The van der Waals surface area contributed by atoms with Gasteiger partial charge in [0.2, 0.25) is 0 Å². The quantitative estimate of drug-likeness (QED) is 0.0228. The van der Waals surface area contributed by atoms with E-state index in [1.165, 1.54) is 122 Å². The molecule has 0 aromatic heterocycles. The second kappa shape index (κ2) is 56.4. The molecule has 0 spiro atoms. The van der Waals surface area contributed by atoms with Gasteiger partial charge in [-0.1, -0.05) is 260 Å². The highest BCUT2D eigenvalue weighted by atomic mass is 16.7. The third-order valence-corrected chi connectivity index (χ3v) is 14.5. The zero-order valence-corrected chi connectivity index (χ0v) is 51.3. The molecule has 12 nitrogen and oxygen atoms in total. The highest BCUT2D eigenvalue weighted by molar-refractivity contribution is 5.74. The SMILES string of the molecule is CC/C=C\C/C=C\C/C=C\C/C=C\C/C=C\C/C=C\CCC(=O)OC1C(OCC(COC(=O)CCCCCCCCCCCCCCCCCCC)OC(=O)CCCCCCC/C=C\CCCCCCCC)OC(C(=O)O)C(O)C1O. The predicted molar refractivity (Wildman–Crippen MR) is 331 cm³/mol. The van der Waals surface area contributed by atoms with E-state index in [-0.39, 0.29) is 25.9 Å². The summed E-state index contributed by atoms with van der Waals surface area (Å²) in [6.07, 6.45) is 61.3. The zero-order chi connectivity index (χ0) is 58.9. The van der Waals surface area contributed by atoms with Gasteiger partial charge in [0.05, 0.1) is 6.61 Å². The van der Waals surface area contributed by atoms with E-state index in [1.807, 2.05) is 18.2 Å². The van der Waals surface area contributed by atoms with Gasteiger partial charge in [0, 0.05) is 19.3 Å². The molecule has 0 radical (unpaired) electrons. The fourth-order valence-corrected chi connectivity index (χ4v) is 9.51. The number of carboxylic acid groups (broad SMARTS) is 1. The average molecular weight is 1140 g/mol. The number of unbranched alkanes of at least 4 members (excludes halogenated alkanes) is 27. The Morgan fingerprint density at radius 2 is 0.802 bits per heavy atom. The van der Waals surface area contributed by atoms with Gasteiger partial charge in [-0.05, 0) is 83.5 Å². The minimum Gasteiger partial charge on any atom is -0.479 e. The van der Waals surface area contributed by atoms with Crippen molar-refractivity contribution in [3.8, 4) is 0 Å². The van der Waals surface area contributed by atoms with Crippen LogP contribution in [-0.4, -0.2) is 89.2 Å². The number of aliphatic carboxylic acids is 1. The van der Waals surface area contributed by atoms with Crippen LogP contribution >= 0.6 is 0 Å². The molecule has 1 rings (SSSR count). The Kier molecular flexibility index (Phi) is 52.1. The molecule has 0 amide bonds. The van der Waals surface area contributed by atoms with Crippen LogP contribution in [0.15, 0.2) is 85.1 Å². The van der Waals surface area contributed by atoms with Gasteiger partial charge in [-0.3, -0.25) is 14.4 Å². The molecule has 81 heavy (non-hydrogen) atoms. The van der Waals surface area contributed by atoms with E-state index in [9.17, 15) is 34.5 Å². The molecule has 0 saturated carbocycles. The number of allylic oxidation sites excluding steroid dienone is 14. The molecule has 6 unspecified atom stereocenters. The zero-order valence-electron chi connectivity index (χ0n) is 51.3. The predicted octanol–water partition coefficient (Wildman–Crippen LogP) is 17.5. The summed E-state index contributed by atoms with van der Waals surface area (Å²) in [5, 5.41) is 31.6. The number of hydrogen-bond donors (Lipinski definition) is 3. The fourth-order valence-electron chi connectivity index (χ4n) is 9.51. The molecular formula is C69H116O12. The van der Waals surface area contributed by atoms with Crippen molar-refractivity contribution in [1.82, 2.24) is 0 Å². The maximum absolute atomic E-state index is 13.2. The first-order valence-corrected chi connectivity index (χ1v) is 32.6. The van der Waals surface area contributed by atoms with E-state index in [4.69, 9.17) is 23.7 Å². The van der Waals surface area contributed by atoms with E-state index in [0.717, 1.165) is 89.9 Å². The molecule has 1 saturated heterocycles. The van der Waals surface area contributed by atoms with E-state index < -0.39 is 67.3 Å². The fraction of sp³-hybridized carbons (Fsp3) is 0.739. The molecule has 3 N–H and O–H groups in total. The van der Waals surface area contributed by atoms with Crippen LogP contribution < -0.4 is 0 Å². The molecule has 0 aromatic carbocycles. The normalized spacial score (nSPS) is 18.3. The van der Waals surface area contributed by atoms with E-state index >= 15 is 0 Å². The van der Waals surface area contributed by atoms with Crippen molar-refractivity contribution in [2.24, 2.45) is 0 Å². The molecule has 1 aliphatic heterocycles. The molecule has 1 aliphatic rings. The van der Waals surface area contributed by atoms with Gasteiger partial charge >= 0.3 is 23.9 Å². The van der Waals surface area contributed by atoms with Gasteiger partial charge in [-0.15, -0.1) is 0 Å². The Labute approximate surface area is 492 Å². The van der Waals surface area contributed by atoms with E-state index in [0.29, 0.717) is 25.7 Å². The van der Waals surface area contributed by atoms with Crippen LogP contribution in [0.1, 0.15) is 278 Å². The number of rotatable bonds is 55. The molecule has 0 bridgehead atoms. The third-order valence-electron chi connectivity index (χ3n) is 14.5. The molecule has 1 heterocycles. The number of carbonyl (C=O) groups excluding carboxylic acids is 3. The number of aliphatic hydroxyl groups is 2. The smallest absolute Gasteiger partial charge is 0.335 e. The summed E-state index contributed by atoms with van der Waals surface area (Å²) >= 11 is 0. The van der Waals surface area contributed by atoms with Crippen LogP contribution in [0.2, 0.25) is 0 Å². The van der Waals surface area contributed by atoms with Crippen molar-refractivity contribution in [3.05, 3.63) is 85.1 Å². The minimum atomic E-state index is -1.93. The molecule has 0 aromatic rings. The van der Waals surface area contributed by atoms with Crippen molar-refractivity contribution in [3.63, 3.8) is 0 Å². The largest absolute Gasteiger partial charge is 0.479 e. The van der Waals surface area contributed by atoms with Crippen LogP contribution in [0, 0.1) is 0 Å². The maximum atomic E-state index is 13.2. The van der Waals surface area contributed by atoms with Gasteiger partial charge < -0.3 is 39.0 Å². The number of carbonyl (C=O) groups is 4. The van der Waals surface area contributed by atoms with E-state index in [1.54, 1.807) is 0 Å². The Morgan fingerprint density at radius 1 is 0.420 bits per heavy atom. The van der Waals surface area contributed by atoms with Gasteiger partial charge in [-0.2, -0.15) is 0 Å². The summed E-state index contributed by atoms with van der Waals surface area (Å²) < 4.78 is 28.4. The lowest BCUT2D eigenvalue weighted by Crippen LogP contribution is -2.61. The molecular weight excluding hydrogens is 1020 g/mol. The lowest BCUT2D eigenvalue weighted by Gasteiger charge is -2.40. The monoisotopic (exact) mass is 1140 g/mol. The Morgan fingerprint density at radius 3 is 1.23 bits per heavy atom. The Balaban J connectivity index is 2.70. The molecule has 1 fully saturated rings. The summed E-state index contributed by atoms with van der Waals surface area (Å²) in [5.41, 5.74) is 0. The van der Waals surface area contributed by atoms with Gasteiger partial charge in [0.1, 0.15) is 18.8 Å². The Hall–Kier alpha value is -4.10. The van der Waals surface area contributed by atoms with E-state index in [2.05, 4.69) is 87.6 Å². The number of hydrogen-bond acceptors (Lipinski definition) is 11. The molecule has 6 atom stereocenters. The number of aliphatic hydroxyl groups excluding tert-OH is 2. The minimum absolute atomic E-state index is 0.0669. The maximum Gasteiger partial charge on any atom is 0.335 e. The lowest BCUT2D eigenvalue weighted by molar-refractivity contribution is -0.301. The average Bonchev–Trinajstić information content (AvgIpc) is 3.54. The highest BCUT2D eigenvalue weighted by Crippen LogP contribution is 2.26. The second-order valence-corrected chi connectivity index (χ2v) is 22.0. The van der Waals surface area contributed by atoms with Crippen molar-refractivity contribution in [2.75, 3.05) is 13.2 Å². The van der Waals surface area contributed by atoms with Crippen molar-refractivity contribution in [1.29, 1.82) is 0 Å². The summed E-state index contributed by atoms with van der Waals surface area (Å²) in [6, 6.07) is 0. The van der Waals surface area contributed by atoms with Crippen molar-refractivity contribution in [2.45, 2.75) is 314 Å². The second-order valence-electron chi connectivity index (χ2n) is 22.0. The summed E-state index contributed by atoms with van der Waals surface area (Å²) in [6.45, 7) is 5.87. The third kappa shape index (κ3) is 46.0. The van der Waals surface area contributed by atoms with Gasteiger partial charge in [0.15, 0.2) is 24.6 Å². The topological polar surface area (TPSA) is 175 Å².